The van der Waals surface area contributed by atoms with Gasteiger partial charge in [0.1, 0.15) is 29.5 Å². The van der Waals surface area contributed by atoms with Crippen molar-refractivity contribution in [3.05, 3.63) is 51.6 Å². The molecule has 10 atom stereocenters. The topological polar surface area (TPSA) is 179 Å². The predicted octanol–water partition coefficient (Wildman–Crippen LogP) is 2.60. The number of fused-ring (bicyclic) bond motifs is 3. The fourth-order valence-corrected chi connectivity index (χ4v) is 8.06. The first kappa shape index (κ1) is 35.7. The highest BCUT2D eigenvalue weighted by atomic mass is 16.7. The number of benzene rings is 2. The van der Waals surface area contributed by atoms with Gasteiger partial charge in [-0.2, -0.15) is 0 Å². The zero-order valence-electron chi connectivity index (χ0n) is 29.0. The standard InChI is InChI=1S/C36H48N2O11/c1-8-36(45)13-12-19-26(33(44)28-27(31(19)42)32(43)25-18(30(28)41)10-9-11-22(25)39)35(36)49-24-15-21(38(6)7)34(17(3)47-24)48-23-14-20(37(4)5)29(40)16(2)46-23/h9-11,16-17,20-21,23-24,29,34-35,39-40,42,44-45H,8,12-15H2,1-7H3. The number of aromatic hydroxyl groups is 3. The van der Waals surface area contributed by atoms with Gasteiger partial charge in [0.25, 0.3) is 0 Å². The molecule has 268 valence electrons. The number of nitrogens with zero attached hydrogens (tertiary/aromatic N) is 2. The molecule has 2 fully saturated rings. The molecule has 0 spiro atoms. The minimum absolute atomic E-state index is 0.0329. The van der Waals surface area contributed by atoms with Gasteiger partial charge in [-0.1, -0.05) is 19.1 Å². The first-order chi connectivity index (χ1) is 23.1. The molecule has 13 heteroatoms. The van der Waals surface area contributed by atoms with Crippen molar-refractivity contribution in [1.82, 2.24) is 9.80 Å². The molecule has 4 aliphatic rings. The Kier molecular flexibility index (Phi) is 9.61. The Bertz CT molecular complexity index is 1630. The minimum Gasteiger partial charge on any atom is -0.507 e. The van der Waals surface area contributed by atoms with Crippen LogP contribution in [-0.2, 0) is 25.4 Å². The number of aliphatic hydroxyl groups is 2. The van der Waals surface area contributed by atoms with Crippen molar-refractivity contribution in [3.63, 3.8) is 0 Å². The number of aliphatic hydroxyl groups excluding tert-OH is 1. The number of carbonyl (C=O) groups is 2. The monoisotopic (exact) mass is 684 g/mol. The maximum absolute atomic E-state index is 13.7. The van der Waals surface area contributed by atoms with Crippen LogP contribution < -0.4 is 0 Å². The first-order valence-corrected chi connectivity index (χ1v) is 17.0. The van der Waals surface area contributed by atoms with Gasteiger partial charge in [-0.05, 0) is 67.4 Å². The molecule has 0 radical (unpaired) electrons. The van der Waals surface area contributed by atoms with Crippen LogP contribution in [0.1, 0.15) is 95.5 Å². The Morgan fingerprint density at radius 3 is 2.12 bits per heavy atom. The summed E-state index contributed by atoms with van der Waals surface area (Å²) in [6.45, 7) is 5.46. The van der Waals surface area contributed by atoms with E-state index in [2.05, 4.69) is 0 Å². The lowest BCUT2D eigenvalue weighted by Gasteiger charge is -2.48. The highest BCUT2D eigenvalue weighted by molar-refractivity contribution is 6.31. The van der Waals surface area contributed by atoms with Crippen molar-refractivity contribution in [1.29, 1.82) is 0 Å². The second-order valence-corrected chi connectivity index (χ2v) is 14.3. The molecular formula is C36H48N2O11. The maximum atomic E-state index is 13.7. The average molecular weight is 685 g/mol. The van der Waals surface area contributed by atoms with E-state index < -0.39 is 83.1 Å². The van der Waals surface area contributed by atoms with E-state index in [1.807, 2.05) is 51.8 Å². The molecule has 13 nitrogen and oxygen atoms in total. The van der Waals surface area contributed by atoms with Gasteiger partial charge in [-0.3, -0.25) is 9.59 Å². The quantitative estimate of drug-likeness (QED) is 0.230. The van der Waals surface area contributed by atoms with Crippen molar-refractivity contribution >= 4 is 11.6 Å². The fourth-order valence-electron chi connectivity index (χ4n) is 8.06. The number of phenolic OH excluding ortho intramolecular Hbond substituents is 3. The van der Waals surface area contributed by atoms with Gasteiger partial charge in [0.05, 0.1) is 40.6 Å². The summed E-state index contributed by atoms with van der Waals surface area (Å²) >= 11 is 0. The zero-order chi connectivity index (χ0) is 35.7. The molecule has 6 rings (SSSR count). The summed E-state index contributed by atoms with van der Waals surface area (Å²) in [6.07, 6.45) is -3.55. The van der Waals surface area contributed by atoms with Gasteiger partial charge in [-0.25, -0.2) is 0 Å². The van der Waals surface area contributed by atoms with Gasteiger partial charge in [0, 0.05) is 41.6 Å². The summed E-state index contributed by atoms with van der Waals surface area (Å²) in [5.74, 6) is -2.96. The molecule has 0 amide bonds. The van der Waals surface area contributed by atoms with Crippen LogP contribution in [0.15, 0.2) is 18.2 Å². The second-order valence-electron chi connectivity index (χ2n) is 14.3. The van der Waals surface area contributed by atoms with Crippen LogP contribution in [0.2, 0.25) is 0 Å². The number of likely N-dealkylation sites (N-methyl/N-ethyl adjacent to an activating group) is 2. The van der Waals surface area contributed by atoms with Crippen LogP contribution in [0, 0.1) is 0 Å². The Hall–Kier alpha value is -3.14. The van der Waals surface area contributed by atoms with E-state index in [1.165, 1.54) is 18.2 Å². The third-order valence-corrected chi connectivity index (χ3v) is 11.0. The fraction of sp³-hybridized carbons (Fsp3) is 0.611. The molecule has 2 heterocycles. The maximum Gasteiger partial charge on any atom is 0.202 e. The van der Waals surface area contributed by atoms with Crippen LogP contribution in [0.25, 0.3) is 0 Å². The molecule has 49 heavy (non-hydrogen) atoms. The predicted molar refractivity (Wildman–Crippen MR) is 176 cm³/mol. The van der Waals surface area contributed by atoms with Gasteiger partial charge >= 0.3 is 0 Å². The van der Waals surface area contributed by atoms with E-state index in [1.54, 1.807) is 6.92 Å². The summed E-state index contributed by atoms with van der Waals surface area (Å²) in [4.78, 5) is 31.3. The lowest BCUT2D eigenvalue weighted by molar-refractivity contribution is -0.313. The highest BCUT2D eigenvalue weighted by Crippen LogP contribution is 2.54. The molecule has 0 aromatic heterocycles. The van der Waals surface area contributed by atoms with Gasteiger partial charge in [0.2, 0.25) is 5.78 Å². The number of hydrogen-bond acceptors (Lipinski definition) is 13. The third-order valence-electron chi connectivity index (χ3n) is 11.0. The van der Waals surface area contributed by atoms with E-state index in [0.717, 1.165) is 0 Å². The summed E-state index contributed by atoms with van der Waals surface area (Å²) in [5, 5.41) is 56.3. The molecule has 2 aliphatic carbocycles. The SMILES string of the molecule is CCC1(O)CCc2c(O)c3c(c(O)c2C1OC1CC(N(C)C)C(OC2CC(N(C)C)C(O)C(C)O2)C(C)O1)C(=O)c1cccc(O)c1C3=O. The molecular weight excluding hydrogens is 636 g/mol. The molecule has 5 N–H and O–H groups in total. The third kappa shape index (κ3) is 5.93. The molecule has 10 unspecified atom stereocenters. The van der Waals surface area contributed by atoms with Crippen molar-refractivity contribution in [3.8, 4) is 17.2 Å². The molecule has 2 aromatic carbocycles. The Morgan fingerprint density at radius 1 is 0.857 bits per heavy atom. The number of ketones is 2. The van der Waals surface area contributed by atoms with Gasteiger partial charge in [-0.15, -0.1) is 0 Å². The largest absolute Gasteiger partial charge is 0.507 e. The minimum atomic E-state index is -1.51. The van der Waals surface area contributed by atoms with E-state index in [0.29, 0.717) is 12.8 Å². The lowest BCUT2D eigenvalue weighted by atomic mass is 9.71. The Balaban J connectivity index is 1.32. The molecule has 0 bridgehead atoms. The van der Waals surface area contributed by atoms with E-state index in [4.69, 9.17) is 18.9 Å². The van der Waals surface area contributed by atoms with E-state index in [9.17, 15) is 35.1 Å². The highest BCUT2D eigenvalue weighted by Gasteiger charge is 2.51. The normalized spacial score (nSPS) is 34.6. The summed E-state index contributed by atoms with van der Waals surface area (Å²) < 4.78 is 25.6. The van der Waals surface area contributed by atoms with Crippen molar-refractivity contribution in [2.75, 3.05) is 28.2 Å². The van der Waals surface area contributed by atoms with E-state index >= 15 is 0 Å². The van der Waals surface area contributed by atoms with Gasteiger partial charge in [0.15, 0.2) is 18.4 Å². The Labute approximate surface area is 285 Å². The van der Waals surface area contributed by atoms with Crippen molar-refractivity contribution < 1.29 is 54.1 Å². The molecule has 2 aromatic rings. The summed E-state index contributed by atoms with van der Waals surface area (Å²) in [6, 6.07) is 3.70. The second kappa shape index (κ2) is 13.2. The number of ether oxygens (including phenoxy) is 4. The van der Waals surface area contributed by atoms with Gasteiger partial charge < -0.3 is 54.3 Å². The number of rotatable bonds is 7. The van der Waals surface area contributed by atoms with Crippen LogP contribution in [0.5, 0.6) is 17.2 Å². The lowest BCUT2D eigenvalue weighted by Crippen LogP contribution is -2.59. The molecule has 0 saturated carbocycles. The van der Waals surface area contributed by atoms with Crippen LogP contribution >= 0.6 is 0 Å². The Morgan fingerprint density at radius 2 is 1.47 bits per heavy atom. The number of phenols is 3. The first-order valence-electron chi connectivity index (χ1n) is 17.0. The molecule has 2 saturated heterocycles. The summed E-state index contributed by atoms with van der Waals surface area (Å²) in [7, 11) is 7.65. The molecule has 2 aliphatic heterocycles. The van der Waals surface area contributed by atoms with Crippen molar-refractivity contribution in [2.24, 2.45) is 0 Å². The number of hydrogen-bond donors (Lipinski definition) is 5. The number of carbonyl (C=O) groups excluding carboxylic acids is 2. The smallest absolute Gasteiger partial charge is 0.202 e. The summed E-state index contributed by atoms with van der Waals surface area (Å²) in [5.41, 5.74) is -2.40. The van der Waals surface area contributed by atoms with Crippen LogP contribution in [-0.4, -0.2) is 130 Å². The van der Waals surface area contributed by atoms with Crippen molar-refractivity contribution in [2.45, 2.75) is 114 Å². The van der Waals surface area contributed by atoms with Crippen LogP contribution in [0.4, 0.5) is 0 Å². The zero-order valence-corrected chi connectivity index (χ0v) is 29.0. The average Bonchev–Trinajstić information content (AvgIpc) is 3.04. The van der Waals surface area contributed by atoms with E-state index in [-0.39, 0.29) is 59.2 Å². The van der Waals surface area contributed by atoms with Crippen LogP contribution in [0.3, 0.4) is 0 Å².